The van der Waals surface area contributed by atoms with Gasteiger partial charge in [0, 0.05) is 17.4 Å². The number of methoxy groups -OCH3 is 1. The average molecular weight is 313 g/mol. The number of anilines is 3. The van der Waals surface area contributed by atoms with E-state index in [0.29, 0.717) is 24.6 Å². The number of nitrogens with two attached hydrogens (primary N) is 1. The van der Waals surface area contributed by atoms with Gasteiger partial charge in [-0.2, -0.15) is 0 Å². The number of carbonyl (C=O) groups excluding carboxylic acids is 1. The largest absolute Gasteiger partial charge is 0.497 e. The molecule has 120 valence electrons. The van der Waals surface area contributed by atoms with Crippen LogP contribution < -0.4 is 25.4 Å². The second kappa shape index (κ2) is 6.48. The van der Waals surface area contributed by atoms with Gasteiger partial charge in [-0.25, -0.2) is 0 Å². The number of amides is 1. The molecule has 0 fully saturated rings. The number of fused-ring (bicyclic) bond motifs is 1. The van der Waals surface area contributed by atoms with E-state index in [-0.39, 0.29) is 12.5 Å². The molecule has 1 aliphatic rings. The van der Waals surface area contributed by atoms with Crippen LogP contribution in [0, 0.1) is 0 Å². The molecule has 0 spiro atoms. The minimum absolute atomic E-state index is 0.0835. The Hall–Kier alpha value is -2.89. The number of nitrogens with one attached hydrogen (secondary N) is 1. The smallest absolute Gasteiger partial charge is 0.243 e. The van der Waals surface area contributed by atoms with Gasteiger partial charge in [-0.15, -0.1) is 0 Å². The summed E-state index contributed by atoms with van der Waals surface area (Å²) in [5.74, 6) is 1.39. The highest BCUT2D eigenvalue weighted by molar-refractivity contribution is 5.94. The predicted molar refractivity (Wildman–Crippen MR) is 90.2 cm³/mol. The fraction of sp³-hybridized carbons (Fsp3) is 0.235. The Labute approximate surface area is 134 Å². The molecule has 0 aromatic heterocycles. The summed E-state index contributed by atoms with van der Waals surface area (Å²) in [5.41, 5.74) is 8.04. The topological polar surface area (TPSA) is 76.8 Å². The molecule has 0 saturated carbocycles. The molecule has 0 aliphatic carbocycles. The number of carbonyl (C=O) groups is 1. The highest BCUT2D eigenvalue weighted by atomic mass is 16.5. The summed E-state index contributed by atoms with van der Waals surface area (Å²) < 4.78 is 10.7. The molecule has 6 heteroatoms. The van der Waals surface area contributed by atoms with E-state index in [1.165, 1.54) is 0 Å². The first-order chi connectivity index (χ1) is 11.2. The Morgan fingerprint density at radius 3 is 2.83 bits per heavy atom. The van der Waals surface area contributed by atoms with E-state index in [1.54, 1.807) is 13.2 Å². The van der Waals surface area contributed by atoms with Gasteiger partial charge in [-0.1, -0.05) is 0 Å². The first kappa shape index (κ1) is 15.0. The van der Waals surface area contributed by atoms with Gasteiger partial charge in [-0.3, -0.25) is 4.79 Å². The fourth-order valence-corrected chi connectivity index (χ4v) is 2.51. The van der Waals surface area contributed by atoms with E-state index >= 15 is 0 Å². The van der Waals surface area contributed by atoms with Gasteiger partial charge in [0.15, 0.2) is 0 Å². The molecule has 3 rings (SSSR count). The monoisotopic (exact) mass is 313 g/mol. The van der Waals surface area contributed by atoms with E-state index in [1.807, 2.05) is 41.3 Å². The van der Waals surface area contributed by atoms with Crippen molar-refractivity contribution >= 4 is 23.0 Å². The first-order valence-corrected chi connectivity index (χ1v) is 7.37. The Kier molecular flexibility index (Phi) is 4.23. The fourth-order valence-electron chi connectivity index (χ4n) is 2.51. The Bertz CT molecular complexity index is 701. The second-order valence-electron chi connectivity index (χ2n) is 5.27. The Morgan fingerprint density at radius 1 is 1.30 bits per heavy atom. The molecule has 23 heavy (non-hydrogen) atoms. The number of hydrogen-bond acceptors (Lipinski definition) is 5. The van der Waals surface area contributed by atoms with Gasteiger partial charge in [0.25, 0.3) is 0 Å². The normalized spacial score (nSPS) is 13.0. The van der Waals surface area contributed by atoms with Gasteiger partial charge >= 0.3 is 0 Å². The second-order valence-corrected chi connectivity index (χ2v) is 5.27. The zero-order valence-corrected chi connectivity index (χ0v) is 12.9. The molecular formula is C17H19N3O3. The van der Waals surface area contributed by atoms with Crippen LogP contribution in [0.4, 0.5) is 17.1 Å². The van der Waals surface area contributed by atoms with Gasteiger partial charge < -0.3 is 25.4 Å². The van der Waals surface area contributed by atoms with E-state index in [0.717, 1.165) is 17.1 Å². The van der Waals surface area contributed by atoms with Crippen molar-refractivity contribution in [3.63, 3.8) is 0 Å². The van der Waals surface area contributed by atoms with Crippen molar-refractivity contribution in [2.75, 3.05) is 42.8 Å². The third-order valence-electron chi connectivity index (χ3n) is 3.65. The first-order valence-electron chi connectivity index (χ1n) is 7.37. The van der Waals surface area contributed by atoms with Crippen molar-refractivity contribution < 1.29 is 14.3 Å². The minimum atomic E-state index is -0.0835. The minimum Gasteiger partial charge on any atom is -0.497 e. The Balaban J connectivity index is 1.66. The third kappa shape index (κ3) is 3.48. The van der Waals surface area contributed by atoms with E-state index in [2.05, 4.69) is 5.32 Å². The zero-order chi connectivity index (χ0) is 16.2. The van der Waals surface area contributed by atoms with Crippen molar-refractivity contribution in [1.82, 2.24) is 0 Å². The maximum Gasteiger partial charge on any atom is 0.243 e. The van der Waals surface area contributed by atoms with Crippen LogP contribution in [0.25, 0.3) is 0 Å². The quantitative estimate of drug-likeness (QED) is 0.846. The lowest BCUT2D eigenvalue weighted by Crippen LogP contribution is -2.38. The molecule has 0 radical (unpaired) electrons. The third-order valence-corrected chi connectivity index (χ3v) is 3.65. The summed E-state index contributed by atoms with van der Waals surface area (Å²) in [4.78, 5) is 14.2. The molecule has 0 unspecified atom stereocenters. The zero-order valence-electron chi connectivity index (χ0n) is 12.9. The van der Waals surface area contributed by atoms with Crippen molar-refractivity contribution in [2.45, 2.75) is 0 Å². The van der Waals surface area contributed by atoms with Gasteiger partial charge in [0.05, 0.1) is 25.9 Å². The molecule has 0 saturated heterocycles. The van der Waals surface area contributed by atoms with Crippen molar-refractivity contribution in [3.05, 3.63) is 42.5 Å². The Morgan fingerprint density at radius 2 is 2.09 bits per heavy atom. The molecule has 1 aliphatic heterocycles. The van der Waals surface area contributed by atoms with Crippen LogP contribution in [-0.2, 0) is 4.79 Å². The summed E-state index contributed by atoms with van der Waals surface area (Å²) in [7, 11) is 1.61. The lowest BCUT2D eigenvalue weighted by atomic mass is 10.2. The molecule has 0 atom stereocenters. The van der Waals surface area contributed by atoms with Crippen LogP contribution in [0.3, 0.4) is 0 Å². The van der Waals surface area contributed by atoms with E-state index in [4.69, 9.17) is 15.2 Å². The molecule has 2 aromatic rings. The summed E-state index contributed by atoms with van der Waals surface area (Å²) in [5, 5.41) is 2.88. The van der Waals surface area contributed by atoms with Crippen LogP contribution >= 0.6 is 0 Å². The summed E-state index contributed by atoms with van der Waals surface area (Å²) in [6.07, 6.45) is 0. The van der Waals surface area contributed by atoms with Gasteiger partial charge in [0.2, 0.25) is 5.91 Å². The highest BCUT2D eigenvalue weighted by Crippen LogP contribution is 2.33. The van der Waals surface area contributed by atoms with Crippen LogP contribution in [0.15, 0.2) is 42.5 Å². The van der Waals surface area contributed by atoms with E-state index in [9.17, 15) is 4.79 Å². The van der Waals surface area contributed by atoms with Gasteiger partial charge in [-0.05, 0) is 36.4 Å². The van der Waals surface area contributed by atoms with Crippen LogP contribution in [-0.4, -0.2) is 32.7 Å². The summed E-state index contributed by atoms with van der Waals surface area (Å²) in [6.45, 7) is 1.45. The number of nitrogens with zero attached hydrogens (tertiary/aromatic N) is 1. The molecule has 6 nitrogen and oxygen atoms in total. The van der Waals surface area contributed by atoms with Crippen molar-refractivity contribution in [1.29, 1.82) is 0 Å². The summed E-state index contributed by atoms with van der Waals surface area (Å²) in [6, 6.07) is 12.7. The maximum atomic E-state index is 12.3. The maximum absolute atomic E-state index is 12.3. The average Bonchev–Trinajstić information content (AvgIpc) is 2.55. The molecule has 3 N–H and O–H groups in total. The van der Waals surface area contributed by atoms with Gasteiger partial charge in [0.1, 0.15) is 18.1 Å². The van der Waals surface area contributed by atoms with Crippen molar-refractivity contribution in [3.8, 4) is 11.5 Å². The lowest BCUT2D eigenvalue weighted by Gasteiger charge is -2.30. The molecular weight excluding hydrogens is 294 g/mol. The van der Waals surface area contributed by atoms with Crippen LogP contribution in [0.5, 0.6) is 11.5 Å². The van der Waals surface area contributed by atoms with Crippen molar-refractivity contribution in [2.24, 2.45) is 0 Å². The summed E-state index contributed by atoms with van der Waals surface area (Å²) >= 11 is 0. The lowest BCUT2D eigenvalue weighted by molar-refractivity contribution is -0.115. The number of rotatable bonds is 4. The number of nitrogen functional groups attached to an aromatic ring is 1. The predicted octanol–water partition coefficient (Wildman–Crippen LogP) is 2.11. The molecule has 0 bridgehead atoms. The standard InChI is InChI=1S/C17H19N3O3/c1-22-14-5-3-13(4-6-14)19-17(21)11-20-8-9-23-16-10-12(18)2-7-15(16)20/h2-7,10H,8-9,11,18H2,1H3,(H,19,21). The number of ether oxygens (including phenoxy) is 2. The van der Waals surface area contributed by atoms with Crippen LogP contribution in [0.2, 0.25) is 0 Å². The number of hydrogen-bond donors (Lipinski definition) is 2. The van der Waals surface area contributed by atoms with Crippen LogP contribution in [0.1, 0.15) is 0 Å². The molecule has 1 heterocycles. The van der Waals surface area contributed by atoms with E-state index < -0.39 is 0 Å². The SMILES string of the molecule is COc1ccc(NC(=O)CN2CCOc3cc(N)ccc32)cc1. The number of benzene rings is 2. The molecule has 1 amide bonds. The highest BCUT2D eigenvalue weighted by Gasteiger charge is 2.20. The molecule has 2 aromatic carbocycles.